The standard InChI is InChI=1S/C32H33N5O3/c1-23-28(22-33-40-23)32(39)36-14-12-27(13-15-36)35-16-18-37(19-17-35)31(38)26-20-29(24-8-4-2-5-9-24)34-30(21-26)25-10-6-3-7-11-25/h2-11,20-22,27H,12-19H2,1H3. The summed E-state index contributed by atoms with van der Waals surface area (Å²) in [6, 6.07) is 24.3. The molecule has 2 saturated heterocycles. The van der Waals surface area contributed by atoms with Crippen LogP contribution in [0.1, 0.15) is 39.3 Å². The molecule has 2 aliphatic rings. The molecule has 0 radical (unpaired) electrons. The number of hydrogen-bond acceptors (Lipinski definition) is 6. The second kappa shape index (κ2) is 11.4. The van der Waals surface area contributed by atoms with Crippen LogP contribution in [0.25, 0.3) is 22.5 Å². The molecule has 4 aromatic rings. The fourth-order valence-corrected chi connectivity index (χ4v) is 5.75. The number of nitrogens with zero attached hydrogens (tertiary/aromatic N) is 5. The number of aromatic nitrogens is 2. The lowest BCUT2D eigenvalue weighted by Gasteiger charge is -2.42. The van der Waals surface area contributed by atoms with E-state index in [2.05, 4.69) is 10.1 Å². The highest BCUT2D eigenvalue weighted by Gasteiger charge is 2.31. The fraction of sp³-hybridized carbons (Fsp3) is 0.312. The van der Waals surface area contributed by atoms with E-state index in [-0.39, 0.29) is 11.8 Å². The summed E-state index contributed by atoms with van der Waals surface area (Å²) < 4.78 is 5.07. The van der Waals surface area contributed by atoms with Crippen molar-refractivity contribution in [1.82, 2.24) is 24.8 Å². The predicted octanol–water partition coefficient (Wildman–Crippen LogP) is 4.77. The van der Waals surface area contributed by atoms with Crippen LogP contribution in [-0.2, 0) is 0 Å². The summed E-state index contributed by atoms with van der Waals surface area (Å²) in [7, 11) is 0. The zero-order chi connectivity index (χ0) is 27.5. The van der Waals surface area contributed by atoms with Crippen LogP contribution < -0.4 is 0 Å². The van der Waals surface area contributed by atoms with Crippen molar-refractivity contribution >= 4 is 11.8 Å². The molecule has 0 atom stereocenters. The van der Waals surface area contributed by atoms with Crippen LogP contribution in [0.5, 0.6) is 0 Å². The maximum atomic E-state index is 13.7. The molecule has 4 heterocycles. The molecule has 204 valence electrons. The normalized spacial score (nSPS) is 16.7. The van der Waals surface area contributed by atoms with E-state index in [1.165, 1.54) is 6.20 Å². The highest BCUT2D eigenvalue weighted by molar-refractivity contribution is 5.96. The van der Waals surface area contributed by atoms with Gasteiger partial charge < -0.3 is 14.3 Å². The van der Waals surface area contributed by atoms with E-state index in [1.807, 2.05) is 82.6 Å². The van der Waals surface area contributed by atoms with E-state index >= 15 is 0 Å². The Kier molecular flexibility index (Phi) is 7.42. The lowest BCUT2D eigenvalue weighted by atomic mass is 10.0. The van der Waals surface area contributed by atoms with Crippen molar-refractivity contribution in [3.63, 3.8) is 0 Å². The Labute approximate surface area is 234 Å². The van der Waals surface area contributed by atoms with Gasteiger partial charge in [-0.3, -0.25) is 14.5 Å². The van der Waals surface area contributed by atoms with E-state index in [0.29, 0.717) is 36.0 Å². The van der Waals surface area contributed by atoms with Gasteiger partial charge in [0.05, 0.1) is 17.6 Å². The number of amides is 2. The molecule has 0 bridgehead atoms. The van der Waals surface area contributed by atoms with Crippen molar-refractivity contribution in [2.75, 3.05) is 39.3 Å². The predicted molar refractivity (Wildman–Crippen MR) is 153 cm³/mol. The second-order valence-corrected chi connectivity index (χ2v) is 10.5. The summed E-state index contributed by atoms with van der Waals surface area (Å²) in [5, 5.41) is 3.74. The first-order valence-corrected chi connectivity index (χ1v) is 13.9. The van der Waals surface area contributed by atoms with Crippen molar-refractivity contribution < 1.29 is 14.1 Å². The first kappa shape index (κ1) is 26.0. The molecule has 8 nitrogen and oxygen atoms in total. The van der Waals surface area contributed by atoms with Crippen LogP contribution in [0, 0.1) is 6.92 Å². The maximum Gasteiger partial charge on any atom is 0.259 e. The van der Waals surface area contributed by atoms with Crippen LogP contribution in [0.2, 0.25) is 0 Å². The van der Waals surface area contributed by atoms with E-state index in [9.17, 15) is 9.59 Å². The molecule has 0 spiro atoms. The zero-order valence-electron chi connectivity index (χ0n) is 22.7. The number of piperazine rings is 1. The molecule has 2 amide bonds. The first-order valence-electron chi connectivity index (χ1n) is 13.9. The quantitative estimate of drug-likeness (QED) is 0.366. The van der Waals surface area contributed by atoms with Gasteiger partial charge in [0.2, 0.25) is 0 Å². The average molecular weight is 536 g/mol. The number of carbonyl (C=O) groups is 2. The minimum atomic E-state index is -0.00490. The molecule has 40 heavy (non-hydrogen) atoms. The van der Waals surface area contributed by atoms with Gasteiger partial charge in [0, 0.05) is 62.0 Å². The molecule has 0 N–H and O–H groups in total. The largest absolute Gasteiger partial charge is 0.361 e. The monoisotopic (exact) mass is 535 g/mol. The molecule has 2 aromatic heterocycles. The number of likely N-dealkylation sites (tertiary alicyclic amines) is 1. The summed E-state index contributed by atoms with van der Waals surface area (Å²) in [5.41, 5.74) is 4.79. The van der Waals surface area contributed by atoms with Crippen molar-refractivity contribution in [2.45, 2.75) is 25.8 Å². The van der Waals surface area contributed by atoms with E-state index < -0.39 is 0 Å². The minimum absolute atomic E-state index is 0.00490. The lowest BCUT2D eigenvalue weighted by molar-refractivity contribution is 0.0411. The molecule has 0 saturated carbocycles. The van der Waals surface area contributed by atoms with Gasteiger partial charge in [0.25, 0.3) is 11.8 Å². The number of aryl methyl sites for hydroxylation is 1. The lowest BCUT2D eigenvalue weighted by Crippen LogP contribution is -2.54. The molecular formula is C32H33N5O3. The van der Waals surface area contributed by atoms with Gasteiger partial charge in [-0.1, -0.05) is 65.8 Å². The van der Waals surface area contributed by atoms with E-state index in [1.54, 1.807) is 6.92 Å². The summed E-state index contributed by atoms with van der Waals surface area (Å²) in [6.45, 7) is 6.23. The van der Waals surface area contributed by atoms with Crippen LogP contribution in [0.3, 0.4) is 0 Å². The number of carbonyl (C=O) groups excluding carboxylic acids is 2. The molecular weight excluding hydrogens is 502 g/mol. The van der Waals surface area contributed by atoms with Gasteiger partial charge in [-0.05, 0) is 31.9 Å². The molecule has 0 aliphatic carbocycles. The number of rotatable bonds is 5. The Hall–Kier alpha value is -4.30. The van der Waals surface area contributed by atoms with Crippen molar-refractivity contribution in [3.8, 4) is 22.5 Å². The SMILES string of the molecule is Cc1oncc1C(=O)N1CCC(N2CCN(C(=O)c3cc(-c4ccccc4)nc(-c4ccccc4)c3)CC2)CC1. The second-order valence-electron chi connectivity index (χ2n) is 10.5. The van der Waals surface area contributed by atoms with Gasteiger partial charge >= 0.3 is 0 Å². The Morgan fingerprint density at radius 1 is 0.750 bits per heavy atom. The third kappa shape index (κ3) is 5.40. The van der Waals surface area contributed by atoms with Crippen molar-refractivity contribution in [3.05, 3.63) is 95.9 Å². The molecule has 8 heteroatoms. The number of pyridine rings is 1. The van der Waals surface area contributed by atoms with Crippen LogP contribution in [-0.4, -0.2) is 82.0 Å². The molecule has 2 aromatic carbocycles. The molecule has 0 unspecified atom stereocenters. The molecule has 2 fully saturated rings. The van der Waals surface area contributed by atoms with Gasteiger partial charge in [-0.15, -0.1) is 0 Å². The van der Waals surface area contributed by atoms with Gasteiger partial charge in [-0.2, -0.15) is 0 Å². The van der Waals surface area contributed by atoms with Crippen molar-refractivity contribution in [1.29, 1.82) is 0 Å². The number of hydrogen-bond donors (Lipinski definition) is 0. The topological polar surface area (TPSA) is 82.8 Å². The molecule has 6 rings (SSSR count). The fourth-order valence-electron chi connectivity index (χ4n) is 5.75. The van der Waals surface area contributed by atoms with Gasteiger partial charge in [0.1, 0.15) is 11.3 Å². The molecule has 2 aliphatic heterocycles. The Bertz CT molecular complexity index is 1410. The maximum absolute atomic E-state index is 13.7. The van der Waals surface area contributed by atoms with E-state index in [0.717, 1.165) is 61.5 Å². The highest BCUT2D eigenvalue weighted by atomic mass is 16.5. The Morgan fingerprint density at radius 2 is 1.30 bits per heavy atom. The third-order valence-corrected chi connectivity index (χ3v) is 8.06. The smallest absolute Gasteiger partial charge is 0.259 e. The Morgan fingerprint density at radius 3 is 1.82 bits per heavy atom. The zero-order valence-corrected chi connectivity index (χ0v) is 22.7. The van der Waals surface area contributed by atoms with Gasteiger partial charge in [0.15, 0.2) is 0 Å². The average Bonchev–Trinajstić information content (AvgIpc) is 3.46. The van der Waals surface area contributed by atoms with Crippen molar-refractivity contribution in [2.24, 2.45) is 0 Å². The van der Waals surface area contributed by atoms with E-state index in [4.69, 9.17) is 9.51 Å². The summed E-state index contributed by atoms with van der Waals surface area (Å²) >= 11 is 0. The third-order valence-electron chi connectivity index (χ3n) is 8.06. The Balaban J connectivity index is 1.11. The van der Waals surface area contributed by atoms with Gasteiger partial charge in [-0.25, -0.2) is 4.98 Å². The minimum Gasteiger partial charge on any atom is -0.361 e. The first-order chi connectivity index (χ1) is 19.6. The summed E-state index contributed by atoms with van der Waals surface area (Å²) in [5.74, 6) is 0.601. The van der Waals surface area contributed by atoms with Crippen LogP contribution >= 0.6 is 0 Å². The summed E-state index contributed by atoms with van der Waals surface area (Å²) in [4.78, 5) is 37.8. The summed E-state index contributed by atoms with van der Waals surface area (Å²) in [6.07, 6.45) is 3.36. The number of piperidine rings is 1. The number of benzene rings is 2. The highest BCUT2D eigenvalue weighted by Crippen LogP contribution is 2.26. The van der Waals surface area contributed by atoms with Crippen LogP contribution in [0.4, 0.5) is 0 Å². The van der Waals surface area contributed by atoms with Crippen LogP contribution in [0.15, 0.2) is 83.5 Å².